The van der Waals surface area contributed by atoms with Gasteiger partial charge in [-0.1, -0.05) is 0 Å². The summed E-state index contributed by atoms with van der Waals surface area (Å²) in [5, 5.41) is 0. The van der Waals surface area contributed by atoms with Crippen molar-refractivity contribution in [2.24, 2.45) is 0 Å². The third-order valence-electron chi connectivity index (χ3n) is 2.77. The van der Waals surface area contributed by atoms with Crippen molar-refractivity contribution in [3.05, 3.63) is 23.5 Å². The highest BCUT2D eigenvalue weighted by Crippen LogP contribution is 2.24. The second-order valence-corrected chi connectivity index (χ2v) is 4.09. The molecule has 1 aromatic carbocycles. The zero-order valence-electron chi connectivity index (χ0n) is 9.33. The monoisotopic (exact) mass is 225 g/mol. The van der Waals surface area contributed by atoms with Gasteiger partial charge in [0, 0.05) is 18.4 Å². The van der Waals surface area contributed by atoms with E-state index in [0.717, 1.165) is 25.0 Å². The summed E-state index contributed by atoms with van der Waals surface area (Å²) in [7, 11) is 0. The molecule has 1 aliphatic heterocycles. The molecule has 1 heterocycles. The van der Waals surface area contributed by atoms with Gasteiger partial charge in [-0.05, 0) is 31.4 Å². The summed E-state index contributed by atoms with van der Waals surface area (Å²) in [6, 6.07) is 2.92. The molecule has 4 heteroatoms. The first-order chi connectivity index (χ1) is 7.66. The number of nitrogens with two attached hydrogens (primary N) is 1. The van der Waals surface area contributed by atoms with Gasteiger partial charge < -0.3 is 15.2 Å². The lowest BCUT2D eigenvalue weighted by atomic mass is 10.2. The average Bonchev–Trinajstić information content (AvgIpc) is 2.74. The lowest BCUT2D eigenvalue weighted by molar-refractivity contribution is 0.0665. The predicted molar refractivity (Wildman–Crippen MR) is 60.0 cm³/mol. The van der Waals surface area contributed by atoms with Gasteiger partial charge in [0.2, 0.25) is 0 Å². The lowest BCUT2D eigenvalue weighted by Crippen LogP contribution is -2.16. The minimum Gasteiger partial charge on any atom is -0.488 e. The number of benzene rings is 1. The van der Waals surface area contributed by atoms with Crippen molar-refractivity contribution in [1.29, 1.82) is 0 Å². The number of rotatable bonds is 3. The molecular weight excluding hydrogens is 209 g/mol. The van der Waals surface area contributed by atoms with Crippen LogP contribution in [0.3, 0.4) is 0 Å². The summed E-state index contributed by atoms with van der Waals surface area (Å²) < 4.78 is 24.3. The predicted octanol–water partition coefficient (Wildman–Crippen LogP) is 2.27. The van der Waals surface area contributed by atoms with Crippen LogP contribution in [0.2, 0.25) is 0 Å². The van der Waals surface area contributed by atoms with E-state index in [0.29, 0.717) is 12.3 Å². The summed E-state index contributed by atoms with van der Waals surface area (Å²) in [6.07, 6.45) is 2.13. The third-order valence-corrected chi connectivity index (χ3v) is 2.77. The SMILES string of the molecule is Cc1cc(OCC2CCCO2)c(F)cc1N. The topological polar surface area (TPSA) is 44.5 Å². The molecule has 0 saturated carbocycles. The molecule has 2 N–H and O–H groups in total. The van der Waals surface area contributed by atoms with Crippen LogP contribution in [0.4, 0.5) is 10.1 Å². The van der Waals surface area contributed by atoms with Crippen LogP contribution in [0.25, 0.3) is 0 Å². The number of hydrogen-bond donors (Lipinski definition) is 1. The van der Waals surface area contributed by atoms with E-state index in [1.165, 1.54) is 6.07 Å². The number of hydrogen-bond acceptors (Lipinski definition) is 3. The fourth-order valence-corrected chi connectivity index (χ4v) is 1.74. The molecule has 0 spiro atoms. The number of aryl methyl sites for hydroxylation is 1. The van der Waals surface area contributed by atoms with Crippen molar-refractivity contribution < 1.29 is 13.9 Å². The fraction of sp³-hybridized carbons (Fsp3) is 0.500. The van der Waals surface area contributed by atoms with Crippen LogP contribution in [-0.4, -0.2) is 19.3 Å². The number of nitrogen functional groups attached to an aromatic ring is 1. The van der Waals surface area contributed by atoms with Crippen molar-refractivity contribution >= 4 is 5.69 Å². The molecule has 88 valence electrons. The third kappa shape index (κ3) is 2.44. The highest BCUT2D eigenvalue weighted by Gasteiger charge is 2.17. The van der Waals surface area contributed by atoms with Crippen LogP contribution >= 0.6 is 0 Å². The van der Waals surface area contributed by atoms with E-state index in [-0.39, 0.29) is 11.9 Å². The number of ether oxygens (including phenoxy) is 2. The summed E-state index contributed by atoms with van der Waals surface area (Å²) in [5.41, 5.74) is 6.86. The highest BCUT2D eigenvalue weighted by atomic mass is 19.1. The Balaban J connectivity index is 2.00. The maximum atomic E-state index is 13.5. The van der Waals surface area contributed by atoms with Gasteiger partial charge in [0.25, 0.3) is 0 Å². The largest absolute Gasteiger partial charge is 0.488 e. The smallest absolute Gasteiger partial charge is 0.167 e. The maximum absolute atomic E-state index is 13.5. The molecule has 1 aliphatic rings. The second kappa shape index (κ2) is 4.70. The molecule has 0 amide bonds. The molecule has 0 bridgehead atoms. The molecular formula is C12H16FNO2. The first-order valence-electron chi connectivity index (χ1n) is 5.47. The van der Waals surface area contributed by atoms with E-state index < -0.39 is 5.82 Å². The zero-order valence-corrected chi connectivity index (χ0v) is 9.33. The summed E-state index contributed by atoms with van der Waals surface area (Å²) in [5.74, 6) is -0.164. The summed E-state index contributed by atoms with van der Waals surface area (Å²) >= 11 is 0. The number of halogens is 1. The van der Waals surface area contributed by atoms with Crippen molar-refractivity contribution in [2.45, 2.75) is 25.9 Å². The van der Waals surface area contributed by atoms with Crippen molar-refractivity contribution in [3.8, 4) is 5.75 Å². The van der Waals surface area contributed by atoms with E-state index in [1.54, 1.807) is 6.07 Å². The van der Waals surface area contributed by atoms with E-state index >= 15 is 0 Å². The van der Waals surface area contributed by atoms with Crippen LogP contribution in [-0.2, 0) is 4.74 Å². The molecule has 16 heavy (non-hydrogen) atoms. The van der Waals surface area contributed by atoms with Gasteiger partial charge in [-0.2, -0.15) is 0 Å². The van der Waals surface area contributed by atoms with Crippen LogP contribution < -0.4 is 10.5 Å². The number of anilines is 1. The van der Waals surface area contributed by atoms with Crippen molar-refractivity contribution in [3.63, 3.8) is 0 Å². The lowest BCUT2D eigenvalue weighted by Gasteiger charge is -2.13. The molecule has 1 aromatic rings. The van der Waals surface area contributed by atoms with Crippen LogP contribution in [0, 0.1) is 12.7 Å². The molecule has 0 aromatic heterocycles. The van der Waals surface area contributed by atoms with Crippen LogP contribution in [0.15, 0.2) is 12.1 Å². The van der Waals surface area contributed by atoms with Crippen LogP contribution in [0.5, 0.6) is 5.75 Å². The van der Waals surface area contributed by atoms with Gasteiger partial charge in [-0.25, -0.2) is 4.39 Å². The Morgan fingerprint density at radius 3 is 3.06 bits per heavy atom. The van der Waals surface area contributed by atoms with E-state index in [1.807, 2.05) is 6.92 Å². The fourth-order valence-electron chi connectivity index (χ4n) is 1.74. The normalized spacial score (nSPS) is 20.0. The van der Waals surface area contributed by atoms with Crippen molar-refractivity contribution in [1.82, 2.24) is 0 Å². The van der Waals surface area contributed by atoms with Gasteiger partial charge in [-0.3, -0.25) is 0 Å². The summed E-state index contributed by atoms with van der Waals surface area (Å²) in [4.78, 5) is 0. The highest BCUT2D eigenvalue weighted by molar-refractivity contribution is 5.50. The Morgan fingerprint density at radius 1 is 1.56 bits per heavy atom. The molecule has 1 fully saturated rings. The van der Waals surface area contributed by atoms with E-state index in [9.17, 15) is 4.39 Å². The summed E-state index contributed by atoms with van der Waals surface area (Å²) in [6.45, 7) is 3.01. The quantitative estimate of drug-likeness (QED) is 0.802. The molecule has 1 unspecified atom stereocenters. The van der Waals surface area contributed by atoms with Crippen LogP contribution in [0.1, 0.15) is 18.4 Å². The minimum absolute atomic E-state index is 0.0947. The second-order valence-electron chi connectivity index (χ2n) is 4.09. The maximum Gasteiger partial charge on any atom is 0.167 e. The Labute approximate surface area is 94.3 Å². The Bertz CT molecular complexity index is 376. The zero-order chi connectivity index (χ0) is 11.5. The first-order valence-corrected chi connectivity index (χ1v) is 5.47. The molecule has 0 radical (unpaired) electrons. The van der Waals surface area contributed by atoms with Gasteiger partial charge in [0.05, 0.1) is 6.10 Å². The molecule has 0 aliphatic carbocycles. The Morgan fingerprint density at radius 2 is 2.38 bits per heavy atom. The van der Waals surface area contributed by atoms with Gasteiger partial charge in [-0.15, -0.1) is 0 Å². The van der Waals surface area contributed by atoms with E-state index in [2.05, 4.69) is 0 Å². The molecule has 3 nitrogen and oxygen atoms in total. The van der Waals surface area contributed by atoms with E-state index in [4.69, 9.17) is 15.2 Å². The van der Waals surface area contributed by atoms with Gasteiger partial charge in [0.15, 0.2) is 11.6 Å². The van der Waals surface area contributed by atoms with Gasteiger partial charge >= 0.3 is 0 Å². The standard InChI is InChI=1S/C12H16FNO2/c1-8-5-12(10(13)6-11(8)14)16-7-9-3-2-4-15-9/h5-6,9H,2-4,7,14H2,1H3. The first kappa shape index (κ1) is 11.2. The molecule has 2 rings (SSSR count). The average molecular weight is 225 g/mol. The molecule has 1 atom stereocenters. The van der Waals surface area contributed by atoms with Gasteiger partial charge in [0.1, 0.15) is 6.61 Å². The molecule has 1 saturated heterocycles. The van der Waals surface area contributed by atoms with Crippen molar-refractivity contribution in [2.75, 3.05) is 18.9 Å². The minimum atomic E-state index is -0.416. The Hall–Kier alpha value is -1.29. The Kier molecular flexibility index (Phi) is 3.29.